The summed E-state index contributed by atoms with van der Waals surface area (Å²) in [5, 5.41) is 0. The first-order valence-electron chi connectivity index (χ1n) is 4.44. The normalized spacial score (nSPS) is 14.1. The van der Waals surface area contributed by atoms with Gasteiger partial charge in [-0.25, -0.2) is 4.57 Å². The van der Waals surface area contributed by atoms with Gasteiger partial charge in [-0.1, -0.05) is 0 Å². The monoisotopic (exact) mass is 238 g/mol. The van der Waals surface area contributed by atoms with Crippen LogP contribution in [0.3, 0.4) is 0 Å². The lowest BCUT2D eigenvalue weighted by Gasteiger charge is -2.06. The van der Waals surface area contributed by atoms with Crippen LogP contribution in [0.25, 0.3) is 0 Å². The maximum Gasteiger partial charge on any atom is 0.375 e. The second-order valence-electron chi connectivity index (χ2n) is 3.05. The first kappa shape index (κ1) is 14.1. The van der Waals surface area contributed by atoms with E-state index in [1.54, 1.807) is 0 Å². The van der Waals surface area contributed by atoms with Crippen LogP contribution in [0.2, 0.25) is 0 Å². The SMILES string of the molecule is COC(=O)CCCCC(=O)OP(C)(=O)O. The van der Waals surface area contributed by atoms with E-state index in [0.29, 0.717) is 12.8 Å². The fourth-order valence-electron chi connectivity index (χ4n) is 0.875. The van der Waals surface area contributed by atoms with Crippen molar-refractivity contribution in [3.8, 4) is 0 Å². The van der Waals surface area contributed by atoms with Crippen molar-refractivity contribution >= 4 is 19.5 Å². The van der Waals surface area contributed by atoms with Gasteiger partial charge in [-0.3, -0.25) is 9.59 Å². The molecule has 0 radical (unpaired) electrons. The molecule has 1 N–H and O–H groups in total. The highest BCUT2D eigenvalue weighted by Gasteiger charge is 2.16. The molecule has 1 unspecified atom stereocenters. The summed E-state index contributed by atoms with van der Waals surface area (Å²) in [6.07, 6.45) is 1.16. The number of esters is 1. The lowest BCUT2D eigenvalue weighted by atomic mass is 10.2. The molecular formula is C8H15O6P. The molecule has 0 aliphatic heterocycles. The van der Waals surface area contributed by atoms with E-state index in [4.69, 9.17) is 4.89 Å². The van der Waals surface area contributed by atoms with Gasteiger partial charge >= 0.3 is 19.5 Å². The highest BCUT2D eigenvalue weighted by Crippen LogP contribution is 2.37. The molecule has 0 heterocycles. The lowest BCUT2D eigenvalue weighted by molar-refractivity contribution is -0.141. The predicted octanol–water partition coefficient (Wildman–Crippen LogP) is 1.08. The van der Waals surface area contributed by atoms with Crippen molar-refractivity contribution in [2.45, 2.75) is 25.7 Å². The van der Waals surface area contributed by atoms with Crippen molar-refractivity contribution in [1.29, 1.82) is 0 Å². The minimum atomic E-state index is -3.74. The Kier molecular flexibility index (Phi) is 6.20. The van der Waals surface area contributed by atoms with Gasteiger partial charge in [-0.05, 0) is 12.8 Å². The molecule has 0 fully saturated rings. The standard InChI is InChI=1S/C8H15O6P/c1-13-7(9)5-3-4-6-8(10)14-15(2,11)12/h3-6H2,1-2H3,(H,11,12). The zero-order chi connectivity index (χ0) is 11.9. The Morgan fingerprint density at radius 3 is 2.07 bits per heavy atom. The maximum atomic E-state index is 10.9. The van der Waals surface area contributed by atoms with E-state index < -0.39 is 13.6 Å². The second-order valence-corrected chi connectivity index (χ2v) is 4.84. The van der Waals surface area contributed by atoms with Crippen LogP contribution in [0.5, 0.6) is 0 Å². The number of hydrogen-bond acceptors (Lipinski definition) is 5. The van der Waals surface area contributed by atoms with Gasteiger partial charge in [0.2, 0.25) is 0 Å². The molecule has 0 spiro atoms. The fraction of sp³-hybridized carbons (Fsp3) is 0.750. The number of unbranched alkanes of at least 4 members (excludes halogenated alkanes) is 1. The van der Waals surface area contributed by atoms with Gasteiger partial charge in [0.15, 0.2) is 0 Å². The molecule has 0 saturated heterocycles. The summed E-state index contributed by atoms with van der Waals surface area (Å²) in [7, 11) is -2.45. The topological polar surface area (TPSA) is 89.9 Å². The Morgan fingerprint density at radius 1 is 1.20 bits per heavy atom. The zero-order valence-electron chi connectivity index (χ0n) is 8.76. The van der Waals surface area contributed by atoms with E-state index in [2.05, 4.69) is 9.26 Å². The van der Waals surface area contributed by atoms with Crippen LogP contribution < -0.4 is 0 Å². The van der Waals surface area contributed by atoms with Crippen LogP contribution in [-0.2, 0) is 23.4 Å². The minimum Gasteiger partial charge on any atom is -0.469 e. The highest BCUT2D eigenvalue weighted by molar-refractivity contribution is 7.52. The molecule has 0 aliphatic rings. The van der Waals surface area contributed by atoms with Crippen LogP contribution >= 0.6 is 7.60 Å². The molecule has 88 valence electrons. The molecule has 15 heavy (non-hydrogen) atoms. The summed E-state index contributed by atoms with van der Waals surface area (Å²) in [5.41, 5.74) is 0. The van der Waals surface area contributed by atoms with Crippen molar-refractivity contribution in [3.05, 3.63) is 0 Å². The van der Waals surface area contributed by atoms with E-state index in [9.17, 15) is 14.2 Å². The summed E-state index contributed by atoms with van der Waals surface area (Å²) in [5.74, 6) is -1.07. The fourth-order valence-corrected chi connectivity index (χ4v) is 1.34. The van der Waals surface area contributed by atoms with E-state index in [1.807, 2.05) is 0 Å². The van der Waals surface area contributed by atoms with Crippen LogP contribution in [-0.4, -0.2) is 30.6 Å². The molecule has 6 nitrogen and oxygen atoms in total. The Labute approximate surface area is 88.1 Å². The molecule has 0 amide bonds. The summed E-state index contributed by atoms with van der Waals surface area (Å²) in [6, 6.07) is 0. The van der Waals surface area contributed by atoms with Crippen molar-refractivity contribution in [2.24, 2.45) is 0 Å². The average molecular weight is 238 g/mol. The summed E-state index contributed by atoms with van der Waals surface area (Å²) >= 11 is 0. The summed E-state index contributed by atoms with van der Waals surface area (Å²) in [4.78, 5) is 30.3. The number of hydrogen-bond donors (Lipinski definition) is 1. The molecule has 0 aromatic carbocycles. The highest BCUT2D eigenvalue weighted by atomic mass is 31.2. The Morgan fingerprint density at radius 2 is 1.67 bits per heavy atom. The predicted molar refractivity (Wildman–Crippen MR) is 52.3 cm³/mol. The van der Waals surface area contributed by atoms with E-state index in [0.717, 1.165) is 6.66 Å². The molecule has 1 atom stereocenters. The van der Waals surface area contributed by atoms with Crippen LogP contribution in [0.1, 0.15) is 25.7 Å². The molecule has 0 aromatic heterocycles. The number of carbonyl (C=O) groups is 2. The molecular weight excluding hydrogens is 223 g/mol. The largest absolute Gasteiger partial charge is 0.469 e. The lowest BCUT2D eigenvalue weighted by Crippen LogP contribution is -2.03. The number of rotatable bonds is 6. The summed E-state index contributed by atoms with van der Waals surface area (Å²) in [6.45, 7) is 0.944. The van der Waals surface area contributed by atoms with Gasteiger partial charge in [-0.2, -0.15) is 0 Å². The molecule has 0 aromatic rings. The summed E-state index contributed by atoms with van der Waals surface area (Å²) < 4.78 is 19.3. The van der Waals surface area contributed by atoms with Gasteiger partial charge in [-0.15, -0.1) is 0 Å². The first-order chi connectivity index (χ1) is 6.85. The average Bonchev–Trinajstić information content (AvgIpc) is 2.09. The van der Waals surface area contributed by atoms with E-state index >= 15 is 0 Å². The van der Waals surface area contributed by atoms with Crippen LogP contribution in [0.15, 0.2) is 0 Å². The molecule has 0 bridgehead atoms. The van der Waals surface area contributed by atoms with E-state index in [-0.39, 0.29) is 18.8 Å². The number of methoxy groups -OCH3 is 1. The van der Waals surface area contributed by atoms with Gasteiger partial charge in [0, 0.05) is 19.5 Å². The first-order valence-corrected chi connectivity index (χ1v) is 6.47. The quantitative estimate of drug-likeness (QED) is 0.423. The Balaban J connectivity index is 3.56. The molecule has 0 saturated carbocycles. The van der Waals surface area contributed by atoms with Gasteiger partial charge in [0.05, 0.1) is 7.11 Å². The number of carbonyl (C=O) groups excluding carboxylic acids is 2. The molecule has 7 heteroatoms. The smallest absolute Gasteiger partial charge is 0.375 e. The van der Waals surface area contributed by atoms with Gasteiger partial charge in [0.1, 0.15) is 0 Å². The maximum absolute atomic E-state index is 10.9. The van der Waals surface area contributed by atoms with E-state index in [1.165, 1.54) is 7.11 Å². The Bertz CT molecular complexity index is 268. The Hall–Kier alpha value is -0.870. The third-order valence-corrected chi connectivity index (χ3v) is 2.05. The van der Waals surface area contributed by atoms with Crippen LogP contribution in [0, 0.1) is 0 Å². The van der Waals surface area contributed by atoms with Crippen molar-refractivity contribution in [3.63, 3.8) is 0 Å². The second kappa shape index (κ2) is 6.58. The zero-order valence-corrected chi connectivity index (χ0v) is 9.66. The molecule has 0 rings (SSSR count). The van der Waals surface area contributed by atoms with Gasteiger partial charge in [0.25, 0.3) is 0 Å². The van der Waals surface area contributed by atoms with Crippen LogP contribution in [0.4, 0.5) is 0 Å². The van der Waals surface area contributed by atoms with Crippen molar-refractivity contribution < 1.29 is 28.3 Å². The van der Waals surface area contributed by atoms with Crippen molar-refractivity contribution in [1.82, 2.24) is 0 Å². The van der Waals surface area contributed by atoms with Crippen molar-refractivity contribution in [2.75, 3.05) is 13.8 Å². The minimum absolute atomic E-state index is 0.0232. The number of ether oxygens (including phenoxy) is 1. The third kappa shape index (κ3) is 9.43. The third-order valence-electron chi connectivity index (χ3n) is 1.51. The van der Waals surface area contributed by atoms with Gasteiger partial charge < -0.3 is 14.2 Å². The molecule has 0 aliphatic carbocycles.